The Bertz CT molecular complexity index is 1290. The van der Waals surface area contributed by atoms with Crippen molar-refractivity contribution in [2.45, 2.75) is 37.0 Å². The van der Waals surface area contributed by atoms with Crippen molar-refractivity contribution < 1.29 is 71.3 Å². The van der Waals surface area contributed by atoms with Gasteiger partial charge in [0.25, 0.3) is 20.2 Å². The molecule has 21 heteroatoms. The number of anilines is 1. The maximum atomic E-state index is 13.1. The number of hydrogen-bond donors (Lipinski definition) is 4. The van der Waals surface area contributed by atoms with Gasteiger partial charge < -0.3 is 25.0 Å². The molecule has 1 aromatic carbocycles. The van der Waals surface area contributed by atoms with Crippen LogP contribution in [0.4, 0.5) is 36.8 Å². The molecule has 0 spiro atoms. The van der Waals surface area contributed by atoms with E-state index in [9.17, 15) is 52.8 Å². The smallest absolute Gasteiger partial charge is 0.426 e. The number of alkyl halides is 6. The highest BCUT2D eigenvalue weighted by Crippen LogP contribution is 2.27. The molecule has 0 bridgehead atoms. The largest absolute Gasteiger partial charge is 0.451 e. The lowest BCUT2D eigenvalue weighted by molar-refractivity contribution is -0.215. The predicted molar refractivity (Wildman–Crippen MR) is 127 cm³/mol. The molecule has 2 rings (SSSR count). The Morgan fingerprint density at radius 3 is 2.10 bits per heavy atom. The van der Waals surface area contributed by atoms with Gasteiger partial charge in [0.15, 0.2) is 0 Å². The number of carbonyl (C=O) groups excluding carboxylic acids is 2. The molecule has 3 unspecified atom stereocenters. The van der Waals surface area contributed by atoms with E-state index in [-0.39, 0.29) is 26.2 Å². The Balaban J connectivity index is 1.98. The number of ether oxygens (including phenoxy) is 2. The summed E-state index contributed by atoms with van der Waals surface area (Å²) in [5.74, 6) is -5.15. The summed E-state index contributed by atoms with van der Waals surface area (Å²) < 4.78 is 147. The summed E-state index contributed by atoms with van der Waals surface area (Å²) in [5, 5.41) is 5.74. The summed E-state index contributed by atoms with van der Waals surface area (Å²) in [6.07, 6.45) is -18.8. The average Bonchev–Trinajstić information content (AvgIpc) is 2.80. The van der Waals surface area contributed by atoms with Crippen molar-refractivity contribution >= 4 is 38.0 Å². The lowest BCUT2D eigenvalue weighted by Gasteiger charge is -2.34. The van der Waals surface area contributed by atoms with Crippen LogP contribution in [0.1, 0.15) is 18.0 Å². The number of carbonyl (C=O) groups is 2. The van der Waals surface area contributed by atoms with Crippen LogP contribution in [-0.2, 0) is 34.5 Å². The zero-order valence-electron chi connectivity index (χ0n) is 20.7. The highest BCUT2D eigenvalue weighted by molar-refractivity contribution is 7.86. The van der Waals surface area contributed by atoms with Gasteiger partial charge in [-0.15, -0.1) is 0 Å². The minimum Gasteiger partial charge on any atom is -0.451 e. The lowest BCUT2D eigenvalue weighted by atomic mass is 10.0. The van der Waals surface area contributed by atoms with Crippen molar-refractivity contribution in [2.75, 3.05) is 43.0 Å². The third kappa shape index (κ3) is 12.3. The van der Waals surface area contributed by atoms with Gasteiger partial charge in [-0.1, -0.05) is 12.1 Å². The number of hydrogen-bond acceptors (Lipinski definition) is 10. The van der Waals surface area contributed by atoms with Gasteiger partial charge >= 0.3 is 24.4 Å². The van der Waals surface area contributed by atoms with Gasteiger partial charge in [0.1, 0.15) is 11.5 Å². The summed E-state index contributed by atoms with van der Waals surface area (Å²) in [4.78, 5) is 25.0. The molecular weight excluding hydrogens is 620 g/mol. The Morgan fingerprint density at radius 2 is 1.56 bits per heavy atom. The van der Waals surface area contributed by atoms with Gasteiger partial charge in [0.05, 0.1) is 12.5 Å². The van der Waals surface area contributed by atoms with E-state index in [2.05, 4.69) is 20.1 Å². The molecule has 1 aliphatic rings. The maximum absolute atomic E-state index is 13.1. The van der Waals surface area contributed by atoms with Crippen molar-refractivity contribution in [1.82, 2.24) is 10.2 Å². The molecule has 1 fully saturated rings. The first kappa shape index (κ1) is 34.3. The number of nitrogens with zero attached hydrogens (tertiary/aromatic N) is 1. The summed E-state index contributed by atoms with van der Waals surface area (Å²) in [6, 6.07) is 5.45. The minimum absolute atomic E-state index is 0.0949. The van der Waals surface area contributed by atoms with Crippen LogP contribution in [0.15, 0.2) is 24.3 Å². The Hall–Kier alpha value is -2.88. The van der Waals surface area contributed by atoms with Gasteiger partial charge in [-0.3, -0.25) is 13.9 Å². The molecule has 0 radical (unpaired) electrons. The second-order valence-electron chi connectivity index (χ2n) is 8.69. The quantitative estimate of drug-likeness (QED) is 0.155. The molecule has 4 N–H and O–H groups in total. The van der Waals surface area contributed by atoms with Crippen molar-refractivity contribution in [3.05, 3.63) is 29.8 Å². The molecule has 1 aromatic rings. The minimum atomic E-state index is -5.27. The van der Waals surface area contributed by atoms with Crippen LogP contribution in [0.3, 0.4) is 0 Å². The third-order valence-corrected chi connectivity index (χ3v) is 6.80. The maximum Gasteiger partial charge on any atom is 0.426 e. The number of nitrogens with one attached hydrogen (secondary N) is 2. The van der Waals surface area contributed by atoms with Crippen molar-refractivity contribution in [3.8, 4) is 0 Å². The molecule has 1 heterocycles. The van der Waals surface area contributed by atoms with E-state index >= 15 is 0 Å². The lowest BCUT2D eigenvalue weighted by Crippen LogP contribution is -2.50. The van der Waals surface area contributed by atoms with Gasteiger partial charge in [0.2, 0.25) is 12.2 Å². The average molecular weight is 646 g/mol. The second kappa shape index (κ2) is 13.4. The highest BCUT2D eigenvalue weighted by Gasteiger charge is 2.47. The summed E-state index contributed by atoms with van der Waals surface area (Å²) in [6.45, 7) is -0.468. The molecular formula is C20H25F6N3O10S2. The van der Waals surface area contributed by atoms with Gasteiger partial charge in [0, 0.05) is 31.9 Å². The van der Waals surface area contributed by atoms with Gasteiger partial charge in [-0.2, -0.15) is 43.2 Å². The molecule has 0 saturated carbocycles. The number of piperazine rings is 1. The Morgan fingerprint density at radius 1 is 1.00 bits per heavy atom. The molecule has 1 saturated heterocycles. The van der Waals surface area contributed by atoms with E-state index in [1.54, 1.807) is 6.07 Å². The van der Waals surface area contributed by atoms with E-state index in [0.717, 1.165) is 4.90 Å². The van der Waals surface area contributed by atoms with Gasteiger partial charge in [-0.25, -0.2) is 4.79 Å². The number of benzene rings is 1. The third-order valence-electron chi connectivity index (χ3n) is 5.35. The monoisotopic (exact) mass is 645 g/mol. The Kier molecular flexibility index (Phi) is 11.2. The molecule has 1 amide bonds. The van der Waals surface area contributed by atoms with Crippen LogP contribution < -0.4 is 10.6 Å². The predicted octanol–water partition coefficient (Wildman–Crippen LogP) is 1.75. The molecule has 234 valence electrons. The van der Waals surface area contributed by atoms with E-state index < -0.39 is 80.8 Å². The van der Waals surface area contributed by atoms with Crippen LogP contribution in [0, 0.1) is 0 Å². The number of halogens is 6. The highest BCUT2D eigenvalue weighted by atomic mass is 32.2. The molecule has 3 atom stereocenters. The topological polar surface area (TPSA) is 189 Å². The SMILES string of the molecule is O=C(CCNc1cccc(C2CN(C(=O)OC(CS(=O)(=O)O)C(F)(F)F)CCN2)c1)OC(CS(=O)(=O)O)C(F)(F)F. The molecule has 13 nitrogen and oxygen atoms in total. The van der Waals surface area contributed by atoms with Gasteiger partial charge in [-0.05, 0) is 17.7 Å². The fourth-order valence-electron chi connectivity index (χ4n) is 3.50. The van der Waals surface area contributed by atoms with Crippen LogP contribution in [-0.4, -0.2) is 105 Å². The van der Waals surface area contributed by atoms with E-state index in [4.69, 9.17) is 9.11 Å². The number of rotatable bonds is 11. The van der Waals surface area contributed by atoms with Crippen molar-refractivity contribution in [3.63, 3.8) is 0 Å². The summed E-state index contributed by atoms with van der Waals surface area (Å²) >= 11 is 0. The van der Waals surface area contributed by atoms with Crippen molar-refractivity contribution in [1.29, 1.82) is 0 Å². The second-order valence-corrected chi connectivity index (χ2v) is 11.7. The van der Waals surface area contributed by atoms with Crippen molar-refractivity contribution in [2.24, 2.45) is 0 Å². The number of amides is 1. The zero-order chi connectivity index (χ0) is 31.2. The van der Waals surface area contributed by atoms with E-state index in [1.165, 1.54) is 18.2 Å². The first-order valence-corrected chi connectivity index (χ1v) is 14.6. The van der Waals surface area contributed by atoms with Crippen LogP contribution in [0.25, 0.3) is 0 Å². The van der Waals surface area contributed by atoms with Crippen LogP contribution >= 0.6 is 0 Å². The molecule has 0 aliphatic carbocycles. The molecule has 41 heavy (non-hydrogen) atoms. The molecule has 1 aliphatic heterocycles. The fourth-order valence-corrected chi connectivity index (χ4v) is 4.78. The molecule has 0 aromatic heterocycles. The van der Waals surface area contributed by atoms with E-state index in [0.29, 0.717) is 11.3 Å². The number of esters is 1. The summed E-state index contributed by atoms with van der Waals surface area (Å²) in [5.41, 5.74) is 0.832. The first-order chi connectivity index (χ1) is 18.6. The van der Waals surface area contributed by atoms with Crippen LogP contribution in [0.5, 0.6) is 0 Å². The standard InChI is InChI=1S/C20H25F6N3O10S2/c21-19(22,23)15(10-40(32,33)34)38-17(30)4-5-27-13-3-1-2-12(8-13)14-9-29(7-6-28-14)18(31)39-16(20(24,25)26)11-41(35,36)37/h1-3,8,14-16,27-28H,4-7,9-11H2,(H,32,33,34)(H,35,36,37). The summed E-state index contributed by atoms with van der Waals surface area (Å²) in [7, 11) is -10.2. The fraction of sp³-hybridized carbons (Fsp3) is 0.600. The Labute approximate surface area is 229 Å². The zero-order valence-corrected chi connectivity index (χ0v) is 22.3. The van der Waals surface area contributed by atoms with Crippen LogP contribution in [0.2, 0.25) is 0 Å². The van der Waals surface area contributed by atoms with E-state index in [1.807, 2.05) is 0 Å². The normalized spacial score (nSPS) is 18.3. The first-order valence-electron chi connectivity index (χ1n) is 11.4.